The molecule has 0 fully saturated rings. The summed E-state index contributed by atoms with van der Waals surface area (Å²) >= 11 is 0. The summed E-state index contributed by atoms with van der Waals surface area (Å²) in [5, 5.41) is 8.63. The predicted octanol–water partition coefficient (Wildman–Crippen LogP) is 14.8. The second kappa shape index (κ2) is 41.1. The van der Waals surface area contributed by atoms with Crippen LogP contribution in [-0.2, 0) is 14.3 Å². The number of carboxylic acids is 1. The molecule has 1 N–H and O–H groups in total. The van der Waals surface area contributed by atoms with Crippen LogP contribution >= 0.6 is 0 Å². The fourth-order valence-corrected chi connectivity index (χ4v) is 6.81. The maximum absolute atomic E-state index is 11.8. The molecule has 0 aliphatic rings. The Labute approximate surface area is 294 Å². The smallest absolute Gasteiger partial charge is 0.305 e. The van der Waals surface area contributed by atoms with Crippen molar-refractivity contribution in [1.82, 2.24) is 0 Å². The lowest BCUT2D eigenvalue weighted by molar-refractivity contribution is -0.144. The highest BCUT2D eigenvalue weighted by molar-refractivity contribution is 5.69. The molecule has 4 heteroatoms. The first-order valence-electron chi connectivity index (χ1n) is 21.5. The van der Waals surface area contributed by atoms with Gasteiger partial charge in [0.1, 0.15) is 0 Å². The Hall–Kier alpha value is -1.06. The largest absolute Gasteiger partial charge is 0.481 e. The first-order valence-corrected chi connectivity index (χ1v) is 21.5. The van der Waals surface area contributed by atoms with E-state index in [0.717, 1.165) is 44.9 Å². The summed E-state index contributed by atoms with van der Waals surface area (Å²) in [6.07, 6.45) is 50.4. The second-order valence-corrected chi connectivity index (χ2v) is 14.8. The lowest BCUT2D eigenvalue weighted by Crippen LogP contribution is -2.05. The van der Waals surface area contributed by atoms with Gasteiger partial charge in [-0.05, 0) is 19.3 Å². The van der Waals surface area contributed by atoms with Gasteiger partial charge < -0.3 is 9.84 Å². The van der Waals surface area contributed by atoms with Crippen molar-refractivity contribution in [1.29, 1.82) is 0 Å². The molecule has 47 heavy (non-hydrogen) atoms. The van der Waals surface area contributed by atoms with Crippen LogP contribution in [0, 0.1) is 0 Å². The van der Waals surface area contributed by atoms with Crippen LogP contribution in [0.5, 0.6) is 0 Å². The van der Waals surface area contributed by atoms with Gasteiger partial charge in [0, 0.05) is 12.8 Å². The predicted molar refractivity (Wildman–Crippen MR) is 204 cm³/mol. The van der Waals surface area contributed by atoms with Crippen molar-refractivity contribution in [3.63, 3.8) is 0 Å². The molecule has 0 aromatic heterocycles. The molecule has 0 rings (SSSR count). The number of hydrogen-bond donors (Lipinski definition) is 1. The zero-order chi connectivity index (χ0) is 34.1. The van der Waals surface area contributed by atoms with Crippen molar-refractivity contribution in [2.75, 3.05) is 6.61 Å². The van der Waals surface area contributed by atoms with Crippen molar-refractivity contribution in [3.8, 4) is 0 Å². The number of ether oxygens (including phenoxy) is 1. The van der Waals surface area contributed by atoms with Crippen LogP contribution in [0.15, 0.2) is 0 Å². The summed E-state index contributed by atoms with van der Waals surface area (Å²) < 4.78 is 5.37. The molecule has 0 saturated heterocycles. The van der Waals surface area contributed by atoms with Gasteiger partial charge in [0.25, 0.3) is 0 Å². The number of esters is 1. The molecule has 0 aliphatic carbocycles. The third-order valence-electron chi connectivity index (χ3n) is 10.0. The molecule has 0 amide bonds. The van der Waals surface area contributed by atoms with E-state index >= 15 is 0 Å². The minimum atomic E-state index is -0.709. The Bertz CT molecular complexity index is 619. The Balaban J connectivity index is 3.11. The quantitative estimate of drug-likeness (QED) is 0.0522. The van der Waals surface area contributed by atoms with E-state index in [9.17, 15) is 9.59 Å². The van der Waals surface area contributed by atoms with E-state index in [-0.39, 0.29) is 12.4 Å². The third-order valence-corrected chi connectivity index (χ3v) is 10.0. The van der Waals surface area contributed by atoms with Gasteiger partial charge in [0.05, 0.1) is 6.61 Å². The number of unbranched alkanes of at least 4 members (excludes halogenated alkanes) is 35. The van der Waals surface area contributed by atoms with Crippen molar-refractivity contribution < 1.29 is 19.4 Å². The van der Waals surface area contributed by atoms with E-state index in [1.54, 1.807) is 0 Å². The zero-order valence-electron chi connectivity index (χ0n) is 32.0. The highest BCUT2D eigenvalue weighted by Gasteiger charge is 2.03. The molecule has 0 saturated carbocycles. The molecule has 0 atom stereocenters. The van der Waals surface area contributed by atoms with Gasteiger partial charge in [-0.1, -0.05) is 225 Å². The fraction of sp³-hybridized carbons (Fsp3) is 0.953. The average molecular weight is 665 g/mol. The molecule has 0 spiro atoms. The van der Waals surface area contributed by atoms with E-state index in [4.69, 9.17) is 9.84 Å². The highest BCUT2D eigenvalue weighted by Crippen LogP contribution is 2.17. The Morgan fingerprint density at radius 3 is 0.851 bits per heavy atom. The monoisotopic (exact) mass is 665 g/mol. The molecule has 0 heterocycles. The first-order chi connectivity index (χ1) is 23.2. The lowest BCUT2D eigenvalue weighted by atomic mass is 10.0. The van der Waals surface area contributed by atoms with E-state index in [1.807, 2.05) is 0 Å². The molecule has 0 aromatic carbocycles. The molecule has 0 radical (unpaired) electrons. The minimum Gasteiger partial charge on any atom is -0.481 e. The van der Waals surface area contributed by atoms with Crippen LogP contribution in [-0.4, -0.2) is 23.7 Å². The number of rotatable bonds is 41. The summed E-state index contributed by atoms with van der Waals surface area (Å²) in [7, 11) is 0. The van der Waals surface area contributed by atoms with Crippen LogP contribution in [0.2, 0.25) is 0 Å². The molecular formula is C43H84O4. The normalized spacial score (nSPS) is 11.3. The van der Waals surface area contributed by atoms with Gasteiger partial charge >= 0.3 is 11.9 Å². The van der Waals surface area contributed by atoms with Gasteiger partial charge in [-0.15, -0.1) is 0 Å². The standard InChI is InChI=1S/C43H84O4/c1-2-3-4-5-6-7-8-9-10-11-12-13-14-15-16-17-18-19-20-21-22-23-24-25-26-27-28-29-32-35-38-41-47-43(46)40-37-34-31-30-33-36-39-42(44)45/h2-41H2,1H3,(H,44,45). The third kappa shape index (κ3) is 42.9. The Kier molecular flexibility index (Phi) is 40.2. The van der Waals surface area contributed by atoms with Crippen molar-refractivity contribution in [2.24, 2.45) is 0 Å². The molecule has 4 nitrogen and oxygen atoms in total. The van der Waals surface area contributed by atoms with E-state index in [0.29, 0.717) is 13.0 Å². The minimum absolute atomic E-state index is 0.0542. The maximum atomic E-state index is 11.8. The lowest BCUT2D eigenvalue weighted by Gasteiger charge is -2.06. The van der Waals surface area contributed by atoms with Gasteiger partial charge in [-0.25, -0.2) is 0 Å². The van der Waals surface area contributed by atoms with E-state index in [2.05, 4.69) is 6.92 Å². The van der Waals surface area contributed by atoms with Crippen molar-refractivity contribution in [2.45, 2.75) is 257 Å². The number of carbonyl (C=O) groups is 2. The zero-order valence-corrected chi connectivity index (χ0v) is 32.0. The van der Waals surface area contributed by atoms with Crippen molar-refractivity contribution in [3.05, 3.63) is 0 Å². The summed E-state index contributed by atoms with van der Waals surface area (Å²) in [6, 6.07) is 0. The topological polar surface area (TPSA) is 63.6 Å². The summed E-state index contributed by atoms with van der Waals surface area (Å²) in [6.45, 7) is 2.88. The number of hydrogen-bond acceptors (Lipinski definition) is 3. The van der Waals surface area contributed by atoms with E-state index < -0.39 is 5.97 Å². The molecular weight excluding hydrogens is 580 g/mol. The number of carboxylic acid groups (broad SMARTS) is 1. The van der Waals surface area contributed by atoms with Gasteiger partial charge in [-0.3, -0.25) is 9.59 Å². The molecule has 0 unspecified atom stereocenters. The summed E-state index contributed by atoms with van der Waals surface area (Å²) in [5.41, 5.74) is 0. The van der Waals surface area contributed by atoms with Gasteiger partial charge in [0.15, 0.2) is 0 Å². The molecule has 0 aromatic rings. The number of carbonyl (C=O) groups excluding carboxylic acids is 1. The molecule has 0 bridgehead atoms. The van der Waals surface area contributed by atoms with Crippen LogP contribution in [0.4, 0.5) is 0 Å². The number of aliphatic carboxylic acids is 1. The summed E-state index contributed by atoms with van der Waals surface area (Å²) in [4.78, 5) is 22.3. The second-order valence-electron chi connectivity index (χ2n) is 14.8. The van der Waals surface area contributed by atoms with Crippen LogP contribution in [0.1, 0.15) is 257 Å². The Morgan fingerprint density at radius 1 is 0.340 bits per heavy atom. The van der Waals surface area contributed by atoms with Crippen LogP contribution in [0.25, 0.3) is 0 Å². The molecule has 0 aliphatic heterocycles. The highest BCUT2D eigenvalue weighted by atomic mass is 16.5. The van der Waals surface area contributed by atoms with Crippen molar-refractivity contribution >= 4 is 11.9 Å². The van der Waals surface area contributed by atoms with Gasteiger partial charge in [-0.2, -0.15) is 0 Å². The summed E-state index contributed by atoms with van der Waals surface area (Å²) in [5.74, 6) is -0.763. The van der Waals surface area contributed by atoms with Gasteiger partial charge in [0.2, 0.25) is 0 Å². The first kappa shape index (κ1) is 45.9. The Morgan fingerprint density at radius 2 is 0.574 bits per heavy atom. The SMILES string of the molecule is CCCCCCCCCCCCCCCCCCCCCCCCCCCCCCCCCOC(=O)CCCCCCCCC(=O)O. The van der Waals surface area contributed by atoms with E-state index in [1.165, 1.54) is 193 Å². The molecule has 280 valence electrons. The maximum Gasteiger partial charge on any atom is 0.305 e. The van der Waals surface area contributed by atoms with Crippen LogP contribution in [0.3, 0.4) is 0 Å². The van der Waals surface area contributed by atoms with Crippen LogP contribution < -0.4 is 0 Å². The average Bonchev–Trinajstić information content (AvgIpc) is 3.06. The fourth-order valence-electron chi connectivity index (χ4n) is 6.81.